The number of benzene rings is 1. The standard InChI is InChI=1S/C12H15F4NO/c1-8-3-4-10(7-11(8)13)9(2)17-5-6-18-12(14,15)16/h3-4,7,9,17H,5-6H2,1-2H3. The molecule has 1 unspecified atom stereocenters. The third kappa shape index (κ3) is 5.01. The van der Waals surface area contributed by atoms with Crippen molar-refractivity contribution < 1.29 is 22.3 Å². The van der Waals surface area contributed by atoms with E-state index in [0.717, 1.165) is 0 Å². The number of nitrogens with one attached hydrogen (secondary N) is 1. The highest BCUT2D eigenvalue weighted by Crippen LogP contribution is 2.17. The molecule has 0 radical (unpaired) electrons. The predicted molar refractivity (Wildman–Crippen MR) is 59.6 cm³/mol. The van der Waals surface area contributed by atoms with Crippen molar-refractivity contribution in [3.05, 3.63) is 35.1 Å². The van der Waals surface area contributed by atoms with E-state index in [1.165, 1.54) is 6.07 Å². The summed E-state index contributed by atoms with van der Waals surface area (Å²) in [4.78, 5) is 0. The zero-order valence-electron chi connectivity index (χ0n) is 10.1. The van der Waals surface area contributed by atoms with Gasteiger partial charge in [-0.2, -0.15) is 0 Å². The summed E-state index contributed by atoms with van der Waals surface area (Å²) in [6.07, 6.45) is -4.61. The van der Waals surface area contributed by atoms with Crippen LogP contribution in [0.1, 0.15) is 24.1 Å². The van der Waals surface area contributed by atoms with Crippen molar-refractivity contribution in [3.63, 3.8) is 0 Å². The number of hydrogen-bond donors (Lipinski definition) is 1. The molecule has 0 aliphatic carbocycles. The normalized spacial score (nSPS) is 13.7. The summed E-state index contributed by atoms with van der Waals surface area (Å²) in [5.41, 5.74) is 1.22. The fraction of sp³-hybridized carbons (Fsp3) is 0.500. The Hall–Kier alpha value is -1.14. The van der Waals surface area contributed by atoms with Crippen LogP contribution in [0.2, 0.25) is 0 Å². The summed E-state index contributed by atoms with van der Waals surface area (Å²) in [5, 5.41) is 2.83. The highest BCUT2D eigenvalue weighted by molar-refractivity contribution is 5.25. The van der Waals surface area contributed by atoms with E-state index in [0.29, 0.717) is 11.1 Å². The van der Waals surface area contributed by atoms with Gasteiger partial charge in [-0.15, -0.1) is 13.2 Å². The molecular formula is C12H15F4NO. The van der Waals surface area contributed by atoms with Crippen molar-refractivity contribution >= 4 is 0 Å². The van der Waals surface area contributed by atoms with Crippen LogP contribution in [0.5, 0.6) is 0 Å². The molecule has 0 amide bonds. The van der Waals surface area contributed by atoms with Gasteiger partial charge < -0.3 is 5.32 Å². The molecular weight excluding hydrogens is 250 g/mol. The molecule has 0 heterocycles. The highest BCUT2D eigenvalue weighted by atomic mass is 19.4. The zero-order valence-corrected chi connectivity index (χ0v) is 10.1. The molecule has 1 atom stereocenters. The molecule has 0 saturated carbocycles. The average molecular weight is 265 g/mol. The van der Waals surface area contributed by atoms with E-state index in [9.17, 15) is 17.6 Å². The maximum absolute atomic E-state index is 13.3. The van der Waals surface area contributed by atoms with Gasteiger partial charge in [0, 0.05) is 12.6 Å². The van der Waals surface area contributed by atoms with Crippen LogP contribution < -0.4 is 5.32 Å². The minimum absolute atomic E-state index is 0.0379. The van der Waals surface area contributed by atoms with Crippen LogP contribution in [0, 0.1) is 12.7 Å². The van der Waals surface area contributed by atoms with Gasteiger partial charge in [-0.1, -0.05) is 12.1 Å². The molecule has 1 N–H and O–H groups in total. The van der Waals surface area contributed by atoms with Crippen LogP contribution in [-0.4, -0.2) is 19.5 Å². The third-order valence-corrected chi connectivity index (χ3v) is 2.51. The van der Waals surface area contributed by atoms with Crippen LogP contribution in [0.25, 0.3) is 0 Å². The summed E-state index contributed by atoms with van der Waals surface area (Å²) in [5.74, 6) is -0.326. The molecule has 1 rings (SSSR count). The van der Waals surface area contributed by atoms with Crippen molar-refractivity contribution in [2.45, 2.75) is 26.3 Å². The smallest absolute Gasteiger partial charge is 0.308 e. The van der Waals surface area contributed by atoms with Gasteiger partial charge in [-0.05, 0) is 31.0 Å². The molecule has 102 valence electrons. The highest BCUT2D eigenvalue weighted by Gasteiger charge is 2.28. The Kier molecular flexibility index (Phi) is 5.10. The van der Waals surface area contributed by atoms with Crippen LogP contribution in [0.15, 0.2) is 18.2 Å². The van der Waals surface area contributed by atoms with Gasteiger partial charge in [0.25, 0.3) is 0 Å². The lowest BCUT2D eigenvalue weighted by Crippen LogP contribution is -2.26. The Morgan fingerprint density at radius 2 is 2.00 bits per heavy atom. The summed E-state index contributed by atoms with van der Waals surface area (Å²) in [6, 6.07) is 4.50. The maximum Gasteiger partial charge on any atom is 0.522 e. The number of halogens is 4. The van der Waals surface area contributed by atoms with E-state index < -0.39 is 13.0 Å². The second-order valence-electron chi connectivity index (χ2n) is 3.98. The monoisotopic (exact) mass is 265 g/mol. The van der Waals surface area contributed by atoms with Gasteiger partial charge >= 0.3 is 6.36 Å². The van der Waals surface area contributed by atoms with Gasteiger partial charge in [-0.3, -0.25) is 4.74 Å². The van der Waals surface area contributed by atoms with Crippen molar-refractivity contribution in [2.75, 3.05) is 13.2 Å². The van der Waals surface area contributed by atoms with Gasteiger partial charge in [0.1, 0.15) is 5.82 Å². The molecule has 0 fully saturated rings. The first-order valence-corrected chi connectivity index (χ1v) is 5.50. The first-order valence-electron chi connectivity index (χ1n) is 5.50. The van der Waals surface area contributed by atoms with Crippen molar-refractivity contribution in [1.82, 2.24) is 5.32 Å². The maximum atomic E-state index is 13.3. The van der Waals surface area contributed by atoms with Crippen LogP contribution in [0.4, 0.5) is 17.6 Å². The quantitative estimate of drug-likeness (QED) is 0.651. The second kappa shape index (κ2) is 6.15. The SMILES string of the molecule is Cc1ccc(C(C)NCCOC(F)(F)F)cc1F. The molecule has 0 saturated heterocycles. The average Bonchev–Trinajstić information content (AvgIpc) is 2.26. The molecule has 0 aliphatic heterocycles. The van der Waals surface area contributed by atoms with Crippen molar-refractivity contribution in [2.24, 2.45) is 0 Å². The lowest BCUT2D eigenvalue weighted by molar-refractivity contribution is -0.323. The Bertz CT molecular complexity index is 392. The van der Waals surface area contributed by atoms with Crippen LogP contribution in [0.3, 0.4) is 0 Å². The molecule has 1 aromatic rings. The summed E-state index contributed by atoms with van der Waals surface area (Å²) in [6.45, 7) is 2.96. The van der Waals surface area contributed by atoms with E-state index in [4.69, 9.17) is 0 Å². The fourth-order valence-electron chi connectivity index (χ4n) is 1.44. The Balaban J connectivity index is 2.41. The minimum Gasteiger partial charge on any atom is -0.308 e. The third-order valence-electron chi connectivity index (χ3n) is 2.51. The molecule has 0 spiro atoms. The second-order valence-corrected chi connectivity index (χ2v) is 3.98. The summed E-state index contributed by atoms with van der Waals surface area (Å²) < 4.78 is 52.0. The zero-order chi connectivity index (χ0) is 13.8. The first kappa shape index (κ1) is 14.9. The van der Waals surface area contributed by atoms with E-state index in [2.05, 4.69) is 10.1 Å². The van der Waals surface area contributed by atoms with E-state index in [-0.39, 0.29) is 18.4 Å². The first-order chi connectivity index (χ1) is 8.29. The van der Waals surface area contributed by atoms with Crippen molar-refractivity contribution in [1.29, 1.82) is 0 Å². The number of ether oxygens (including phenoxy) is 1. The number of hydrogen-bond acceptors (Lipinski definition) is 2. The van der Waals surface area contributed by atoms with Gasteiger partial charge in [0.05, 0.1) is 6.61 Å². The van der Waals surface area contributed by atoms with Gasteiger partial charge in [0.15, 0.2) is 0 Å². The fourth-order valence-corrected chi connectivity index (χ4v) is 1.44. The molecule has 0 bridgehead atoms. The minimum atomic E-state index is -4.61. The number of rotatable bonds is 5. The summed E-state index contributed by atoms with van der Waals surface area (Å²) in [7, 11) is 0. The van der Waals surface area contributed by atoms with E-state index >= 15 is 0 Å². The van der Waals surface area contributed by atoms with Crippen LogP contribution in [-0.2, 0) is 4.74 Å². The van der Waals surface area contributed by atoms with Crippen molar-refractivity contribution in [3.8, 4) is 0 Å². The number of aryl methyl sites for hydroxylation is 1. The molecule has 18 heavy (non-hydrogen) atoms. The molecule has 1 aromatic carbocycles. The van der Waals surface area contributed by atoms with Gasteiger partial charge in [0.2, 0.25) is 0 Å². The molecule has 0 aliphatic rings. The Morgan fingerprint density at radius 3 is 2.56 bits per heavy atom. The Labute approximate surface area is 103 Å². The van der Waals surface area contributed by atoms with Crippen LogP contribution >= 0.6 is 0 Å². The largest absolute Gasteiger partial charge is 0.522 e. The lowest BCUT2D eigenvalue weighted by atomic mass is 10.1. The molecule has 2 nitrogen and oxygen atoms in total. The lowest BCUT2D eigenvalue weighted by Gasteiger charge is -2.15. The molecule has 0 aromatic heterocycles. The topological polar surface area (TPSA) is 21.3 Å². The van der Waals surface area contributed by atoms with E-state index in [1.54, 1.807) is 26.0 Å². The molecule has 6 heteroatoms. The summed E-state index contributed by atoms with van der Waals surface area (Å²) >= 11 is 0. The Morgan fingerprint density at radius 1 is 1.33 bits per heavy atom. The van der Waals surface area contributed by atoms with E-state index in [1.807, 2.05) is 0 Å². The predicted octanol–water partition coefficient (Wildman–Crippen LogP) is 3.32. The van der Waals surface area contributed by atoms with Gasteiger partial charge in [-0.25, -0.2) is 4.39 Å². The number of alkyl halides is 3.